The van der Waals surface area contributed by atoms with Crippen molar-refractivity contribution in [1.82, 2.24) is 19.6 Å². The van der Waals surface area contributed by atoms with Crippen LogP contribution in [-0.4, -0.2) is 144 Å². The van der Waals surface area contributed by atoms with Gasteiger partial charge in [-0.2, -0.15) is 0 Å². The van der Waals surface area contributed by atoms with E-state index in [2.05, 4.69) is 9.80 Å². The molecule has 384 valence electrons. The quantitative estimate of drug-likeness (QED) is 0.130. The number of piperazine rings is 2. The molecule has 4 aliphatic heterocycles. The Labute approximate surface area is 449 Å². The van der Waals surface area contributed by atoms with Crippen LogP contribution in [0.2, 0.25) is 20.1 Å². The maximum absolute atomic E-state index is 13.7. The second-order valence-electron chi connectivity index (χ2n) is 18.6. The van der Waals surface area contributed by atoms with Gasteiger partial charge in [0.05, 0.1) is 31.9 Å². The Balaban J connectivity index is 1.22. The van der Waals surface area contributed by atoms with Crippen LogP contribution in [-0.2, 0) is 28.8 Å². The van der Waals surface area contributed by atoms with E-state index in [9.17, 15) is 39.0 Å². The van der Waals surface area contributed by atoms with Gasteiger partial charge in [0.2, 0.25) is 23.6 Å². The van der Waals surface area contributed by atoms with Gasteiger partial charge in [-0.15, -0.1) is 0 Å². The van der Waals surface area contributed by atoms with Gasteiger partial charge < -0.3 is 39.6 Å². The number of carbonyl (C=O) groups excluding carboxylic acids is 4. The Bertz CT molecular complexity index is 2680. The van der Waals surface area contributed by atoms with E-state index in [1.165, 1.54) is 23.9 Å². The fourth-order valence-corrected chi connectivity index (χ4v) is 12.1. The highest BCUT2D eigenvalue weighted by molar-refractivity contribution is 7.99. The highest BCUT2D eigenvalue weighted by atomic mass is 35.5. The molecule has 0 spiro atoms. The first-order valence-electron chi connectivity index (χ1n) is 24.3. The molecule has 4 saturated heterocycles. The van der Waals surface area contributed by atoms with Crippen LogP contribution in [0.5, 0.6) is 0 Å². The summed E-state index contributed by atoms with van der Waals surface area (Å²) in [6, 6.07) is 19.5. The Morgan fingerprint density at radius 2 is 0.822 bits per heavy atom. The number of carboxylic acids is 2. The number of aliphatic carboxylic acids is 2. The van der Waals surface area contributed by atoms with Gasteiger partial charge >= 0.3 is 11.9 Å². The normalized spacial score (nSPS) is 17.2. The Morgan fingerprint density at radius 1 is 0.479 bits per heavy atom. The van der Waals surface area contributed by atoms with Gasteiger partial charge in [0.1, 0.15) is 0 Å². The number of benzene rings is 4. The van der Waals surface area contributed by atoms with Crippen molar-refractivity contribution >= 4 is 117 Å². The minimum absolute atomic E-state index is 0.00788. The molecule has 4 aliphatic rings. The maximum Gasteiger partial charge on any atom is 0.306 e. The van der Waals surface area contributed by atoms with Gasteiger partial charge in [0.15, 0.2) is 0 Å². The Kier molecular flexibility index (Phi) is 17.4. The lowest BCUT2D eigenvalue weighted by molar-refractivity contribution is -0.145. The molecule has 4 aromatic rings. The van der Waals surface area contributed by atoms with Gasteiger partial charge in [0, 0.05) is 148 Å². The van der Waals surface area contributed by atoms with Gasteiger partial charge in [-0.25, -0.2) is 0 Å². The molecule has 4 aromatic carbocycles. The summed E-state index contributed by atoms with van der Waals surface area (Å²) in [5.74, 6) is -3.31. The Morgan fingerprint density at radius 3 is 1.15 bits per heavy atom. The van der Waals surface area contributed by atoms with Crippen LogP contribution >= 0.6 is 58.2 Å². The summed E-state index contributed by atoms with van der Waals surface area (Å²) in [5, 5.41) is 19.8. The molecule has 0 bridgehead atoms. The third-order valence-corrected chi connectivity index (χ3v) is 17.3. The minimum Gasteiger partial charge on any atom is -0.481 e. The molecule has 0 unspecified atom stereocenters. The summed E-state index contributed by atoms with van der Waals surface area (Å²) in [6.07, 6.45) is 7.60. The number of carbonyl (C=O) groups is 6. The predicted octanol–water partition coefficient (Wildman–Crippen LogP) is 9.80. The van der Waals surface area contributed by atoms with Crippen LogP contribution in [0.15, 0.2) is 82.6 Å². The predicted molar refractivity (Wildman–Crippen MR) is 289 cm³/mol. The smallest absolute Gasteiger partial charge is 0.306 e. The zero-order chi connectivity index (χ0) is 52.1. The number of hydrogen-bond donors (Lipinski definition) is 2. The van der Waals surface area contributed by atoms with E-state index in [-0.39, 0.29) is 43.7 Å². The van der Waals surface area contributed by atoms with Crippen LogP contribution in [0.25, 0.3) is 34.4 Å². The number of anilines is 2. The van der Waals surface area contributed by atoms with Crippen molar-refractivity contribution in [3.05, 3.63) is 104 Å². The molecule has 0 aromatic heterocycles. The summed E-state index contributed by atoms with van der Waals surface area (Å²) in [4.78, 5) is 87.6. The van der Waals surface area contributed by atoms with Crippen molar-refractivity contribution in [2.24, 2.45) is 11.8 Å². The number of halogens is 4. The number of rotatable bonds is 12. The average Bonchev–Trinajstić information content (AvgIpc) is 3.40. The van der Waals surface area contributed by atoms with E-state index in [0.717, 1.165) is 22.5 Å². The lowest BCUT2D eigenvalue weighted by Crippen LogP contribution is -2.48. The summed E-state index contributed by atoms with van der Waals surface area (Å²) in [7, 11) is 0. The van der Waals surface area contributed by atoms with Gasteiger partial charge in [-0.1, -0.05) is 94.6 Å². The maximum atomic E-state index is 13.7. The zero-order valence-corrected chi connectivity index (χ0v) is 44.3. The highest BCUT2D eigenvalue weighted by Crippen LogP contribution is 2.50. The van der Waals surface area contributed by atoms with Gasteiger partial charge in [-0.3, -0.25) is 28.8 Å². The molecule has 4 amide bonds. The monoisotopic (exact) mass is 1090 g/mol. The van der Waals surface area contributed by atoms with E-state index in [1.54, 1.807) is 35.8 Å². The van der Waals surface area contributed by atoms with Crippen molar-refractivity contribution in [2.45, 2.75) is 49.3 Å². The van der Waals surface area contributed by atoms with Crippen LogP contribution < -0.4 is 9.80 Å². The lowest BCUT2D eigenvalue weighted by Gasteiger charge is -2.37. The molecular formula is C54H56Cl4N6O8S. The second-order valence-corrected chi connectivity index (χ2v) is 21.2. The number of para-hydroxylation sites is 2. The second kappa shape index (κ2) is 23.7. The van der Waals surface area contributed by atoms with E-state index in [0.29, 0.717) is 136 Å². The standard InChI is InChI=1S/C54H56Cl4N6O8S/c1-33(65)59-23-27-61(28-24-59)43-9-5-3-7-37(43)41-31-45(51(57)49(55)39(41)11-13-47(67)63-19-15-35(16-20-63)53(69)70)73-46-32-42(38-8-4-6-10-44(38)62-29-25-60(26-30-62)34(2)66)40(50(56)52(46)58)12-14-48(68)64-21-17-36(18-22-64)54(71)72/h3-14,31-32,35-36H,15-30H2,1-2H3,(H,69,70)(H,71,72). The molecule has 0 radical (unpaired) electrons. The van der Waals surface area contributed by atoms with Crippen molar-refractivity contribution in [2.75, 3.05) is 88.3 Å². The first kappa shape index (κ1) is 53.6. The molecule has 8 rings (SSSR count). The molecule has 0 saturated carbocycles. The fraction of sp³-hybridized carbons (Fsp3) is 0.370. The van der Waals surface area contributed by atoms with E-state index < -0.39 is 23.8 Å². The molecule has 14 nitrogen and oxygen atoms in total. The Hall–Kier alpha value is -5.71. The molecule has 4 heterocycles. The lowest BCUT2D eigenvalue weighted by atomic mass is 9.96. The minimum atomic E-state index is -0.870. The third-order valence-electron chi connectivity index (χ3n) is 14.3. The molecular weight excluding hydrogens is 1030 g/mol. The summed E-state index contributed by atoms with van der Waals surface area (Å²) in [6.45, 7) is 8.81. The summed E-state index contributed by atoms with van der Waals surface area (Å²) >= 11 is 30.5. The van der Waals surface area contributed by atoms with Crippen LogP contribution in [0, 0.1) is 11.8 Å². The van der Waals surface area contributed by atoms with Crippen molar-refractivity contribution < 1.29 is 39.0 Å². The van der Waals surface area contributed by atoms with Crippen LogP contribution in [0.3, 0.4) is 0 Å². The number of carboxylic acid groups (broad SMARTS) is 2. The molecule has 4 fully saturated rings. The van der Waals surface area contributed by atoms with Crippen molar-refractivity contribution in [1.29, 1.82) is 0 Å². The van der Waals surface area contributed by atoms with Gasteiger partial charge in [-0.05, 0) is 73.2 Å². The van der Waals surface area contributed by atoms with Gasteiger partial charge in [0.25, 0.3) is 0 Å². The summed E-state index contributed by atoms with van der Waals surface area (Å²) in [5.41, 5.74) is 5.68. The van der Waals surface area contributed by atoms with Crippen LogP contribution in [0.1, 0.15) is 50.7 Å². The number of amides is 4. The summed E-state index contributed by atoms with van der Waals surface area (Å²) < 4.78 is 0. The number of likely N-dealkylation sites (tertiary alicyclic amines) is 2. The number of hydrogen-bond acceptors (Lipinski definition) is 9. The third kappa shape index (κ3) is 12.1. The molecule has 0 atom stereocenters. The zero-order valence-electron chi connectivity index (χ0n) is 40.5. The topological polar surface area (TPSA) is 162 Å². The van der Waals surface area contributed by atoms with E-state index in [1.807, 2.05) is 70.5 Å². The van der Waals surface area contributed by atoms with Crippen molar-refractivity contribution in [3.63, 3.8) is 0 Å². The van der Waals surface area contributed by atoms with Crippen LogP contribution in [0.4, 0.5) is 11.4 Å². The highest BCUT2D eigenvalue weighted by Gasteiger charge is 2.30. The SMILES string of the molecule is CC(=O)N1CCN(c2ccccc2-c2cc(Sc3cc(-c4ccccc4N4CCN(C(C)=O)CC4)c(C=CC(=O)N4CCC(C(=O)O)CC4)c(Cl)c3Cl)c(Cl)c(Cl)c2C=CC(=O)N2CCC(C(=O)O)CC2)CC1. The first-order valence-corrected chi connectivity index (χ1v) is 26.6. The fourth-order valence-electron chi connectivity index (χ4n) is 9.96. The first-order chi connectivity index (χ1) is 35.0. The molecule has 0 aliphatic carbocycles. The van der Waals surface area contributed by atoms with E-state index in [4.69, 9.17) is 46.4 Å². The molecule has 73 heavy (non-hydrogen) atoms. The average molecular weight is 1090 g/mol. The molecule has 2 N–H and O–H groups in total. The largest absolute Gasteiger partial charge is 0.481 e. The molecule has 19 heteroatoms. The number of nitrogens with zero attached hydrogens (tertiary/aromatic N) is 6. The van der Waals surface area contributed by atoms with Crippen molar-refractivity contribution in [3.8, 4) is 22.3 Å². The number of piperidine rings is 2. The van der Waals surface area contributed by atoms with E-state index >= 15 is 0 Å².